The number of nitrogens with zero attached hydrogens (tertiary/aromatic N) is 2. The van der Waals surface area contributed by atoms with Crippen LogP contribution in [-0.4, -0.2) is 53.4 Å². The molecule has 2 aliphatic rings. The lowest BCUT2D eigenvalue weighted by atomic mass is 10.2. The summed E-state index contributed by atoms with van der Waals surface area (Å²) < 4.78 is 10.9. The Balaban J connectivity index is 2.35. The topological polar surface area (TPSA) is 59.1 Å². The van der Waals surface area contributed by atoms with Crippen LogP contribution >= 0.6 is 15.9 Å². The van der Waals surface area contributed by atoms with E-state index in [0.717, 1.165) is 11.3 Å². The van der Waals surface area contributed by atoms with Gasteiger partial charge in [-0.15, -0.1) is 0 Å². The molecule has 1 unspecified atom stereocenters. The molecule has 0 bridgehead atoms. The summed E-state index contributed by atoms with van der Waals surface area (Å²) >= 11 is 3.29. The average Bonchev–Trinajstić information content (AvgIpc) is 2.40. The molecule has 0 aromatic heterocycles. The fraction of sp³-hybridized carbons (Fsp3) is 0.636. The molecule has 6 nitrogen and oxygen atoms in total. The molecule has 3 amide bonds. The Labute approximate surface area is 114 Å². The van der Waals surface area contributed by atoms with E-state index in [9.17, 15) is 9.59 Å². The van der Waals surface area contributed by atoms with Crippen LogP contribution in [0.3, 0.4) is 0 Å². The van der Waals surface area contributed by atoms with Crippen LogP contribution in [0.2, 0.25) is 0 Å². The van der Waals surface area contributed by atoms with Crippen LogP contribution < -0.4 is 0 Å². The van der Waals surface area contributed by atoms with Crippen LogP contribution in [-0.2, 0) is 14.3 Å². The number of fused-ring (bicyclic) bond motifs is 1. The molecule has 1 saturated heterocycles. The molecule has 0 radical (unpaired) electrons. The Bertz CT molecular complexity index is 410. The second kappa shape index (κ2) is 5.17. The van der Waals surface area contributed by atoms with Crippen molar-refractivity contribution in [3.8, 4) is 0 Å². The smallest absolute Gasteiger partial charge is 0.331 e. The Morgan fingerprint density at radius 1 is 1.50 bits per heavy atom. The first kappa shape index (κ1) is 13.2. The number of halogens is 1. The van der Waals surface area contributed by atoms with E-state index in [1.54, 1.807) is 0 Å². The van der Waals surface area contributed by atoms with E-state index in [-0.39, 0.29) is 17.9 Å². The SMILES string of the molecule is CCCOC1=C2C(Br)C(=O)N(C)C(=O)N2CCO1. The summed E-state index contributed by atoms with van der Waals surface area (Å²) in [6.07, 6.45) is 0.828. The summed E-state index contributed by atoms with van der Waals surface area (Å²) in [5.41, 5.74) is 0.475. The molecular weight excluding hydrogens is 304 g/mol. The highest BCUT2D eigenvalue weighted by Crippen LogP contribution is 2.31. The fourth-order valence-corrected chi connectivity index (χ4v) is 2.59. The van der Waals surface area contributed by atoms with Gasteiger partial charge in [0.25, 0.3) is 0 Å². The minimum atomic E-state index is -0.604. The van der Waals surface area contributed by atoms with Crippen LogP contribution in [0, 0.1) is 0 Å². The fourth-order valence-electron chi connectivity index (χ4n) is 1.85. The lowest BCUT2D eigenvalue weighted by Crippen LogP contribution is -2.56. The molecule has 2 heterocycles. The second-order valence-electron chi connectivity index (χ2n) is 4.06. The summed E-state index contributed by atoms with van der Waals surface area (Å²) in [4.78, 5) is 25.9. The molecule has 1 atom stereocenters. The number of hydrogen-bond donors (Lipinski definition) is 0. The third kappa shape index (κ3) is 2.07. The predicted octanol–water partition coefficient (Wildman–Crippen LogP) is 1.27. The van der Waals surface area contributed by atoms with E-state index < -0.39 is 4.83 Å². The van der Waals surface area contributed by atoms with Crippen molar-refractivity contribution in [2.75, 3.05) is 26.8 Å². The minimum Gasteiger partial charge on any atom is -0.464 e. The van der Waals surface area contributed by atoms with Gasteiger partial charge in [0.1, 0.15) is 17.1 Å². The highest BCUT2D eigenvalue weighted by molar-refractivity contribution is 9.10. The van der Waals surface area contributed by atoms with Crippen LogP contribution in [0.4, 0.5) is 4.79 Å². The molecular formula is C11H15BrN2O4. The van der Waals surface area contributed by atoms with Crippen LogP contribution in [0.25, 0.3) is 0 Å². The van der Waals surface area contributed by atoms with Crippen molar-refractivity contribution in [2.45, 2.75) is 18.2 Å². The molecule has 2 rings (SSSR count). The van der Waals surface area contributed by atoms with Gasteiger partial charge in [-0.25, -0.2) is 4.79 Å². The van der Waals surface area contributed by atoms with Gasteiger partial charge in [-0.1, -0.05) is 22.9 Å². The molecule has 0 aromatic carbocycles. The van der Waals surface area contributed by atoms with Crippen LogP contribution in [0.1, 0.15) is 13.3 Å². The normalized spacial score (nSPS) is 24.1. The summed E-state index contributed by atoms with van der Waals surface area (Å²) in [5.74, 6) is -0.0332. The van der Waals surface area contributed by atoms with Crippen molar-refractivity contribution < 1.29 is 19.1 Å². The number of imide groups is 1. The summed E-state index contributed by atoms with van der Waals surface area (Å²) in [7, 11) is 1.47. The third-order valence-corrected chi connectivity index (χ3v) is 3.62. The largest absolute Gasteiger partial charge is 0.464 e. The maximum Gasteiger partial charge on any atom is 0.331 e. The van der Waals surface area contributed by atoms with Crippen molar-refractivity contribution in [3.05, 3.63) is 11.6 Å². The van der Waals surface area contributed by atoms with Crippen molar-refractivity contribution in [2.24, 2.45) is 0 Å². The molecule has 0 aliphatic carbocycles. The standard InChI is InChI=1S/C11H15BrN2O4/c1-3-5-17-10-8-7(12)9(15)13(2)11(16)14(8)4-6-18-10/h7H,3-6H2,1-2H3. The van der Waals surface area contributed by atoms with E-state index in [2.05, 4.69) is 15.9 Å². The van der Waals surface area contributed by atoms with Gasteiger partial charge in [0, 0.05) is 7.05 Å². The number of ether oxygens (including phenoxy) is 2. The summed E-state index contributed by atoms with van der Waals surface area (Å²) in [5, 5.41) is 0. The molecule has 18 heavy (non-hydrogen) atoms. The van der Waals surface area contributed by atoms with Gasteiger partial charge < -0.3 is 9.47 Å². The maximum atomic E-state index is 12.0. The Hall–Kier alpha value is -1.24. The zero-order valence-electron chi connectivity index (χ0n) is 10.3. The van der Waals surface area contributed by atoms with E-state index in [1.165, 1.54) is 11.9 Å². The third-order valence-electron chi connectivity index (χ3n) is 2.79. The lowest BCUT2D eigenvalue weighted by molar-refractivity contribution is -0.128. The highest BCUT2D eigenvalue weighted by Gasteiger charge is 2.44. The van der Waals surface area contributed by atoms with E-state index >= 15 is 0 Å². The zero-order chi connectivity index (χ0) is 13.3. The van der Waals surface area contributed by atoms with Gasteiger partial charge in [0.05, 0.1) is 13.2 Å². The van der Waals surface area contributed by atoms with Crippen LogP contribution in [0.15, 0.2) is 11.6 Å². The van der Waals surface area contributed by atoms with Gasteiger partial charge in [-0.3, -0.25) is 14.6 Å². The van der Waals surface area contributed by atoms with Gasteiger partial charge in [0.2, 0.25) is 5.91 Å². The summed E-state index contributed by atoms with van der Waals surface area (Å²) in [6, 6.07) is -0.341. The number of hydrogen-bond acceptors (Lipinski definition) is 4. The lowest BCUT2D eigenvalue weighted by Gasteiger charge is -2.39. The number of alkyl halides is 1. The van der Waals surface area contributed by atoms with Crippen molar-refractivity contribution in [3.63, 3.8) is 0 Å². The quantitative estimate of drug-likeness (QED) is 0.735. The molecule has 0 saturated carbocycles. The molecule has 1 fully saturated rings. The average molecular weight is 319 g/mol. The number of urea groups is 1. The molecule has 100 valence electrons. The van der Waals surface area contributed by atoms with E-state index in [4.69, 9.17) is 9.47 Å². The first-order valence-corrected chi connectivity index (χ1v) is 6.72. The van der Waals surface area contributed by atoms with Gasteiger partial charge in [0.15, 0.2) is 0 Å². The number of carbonyl (C=O) groups is 2. The van der Waals surface area contributed by atoms with E-state index in [1.807, 2.05) is 6.92 Å². The van der Waals surface area contributed by atoms with Gasteiger partial charge in [-0.05, 0) is 6.42 Å². The predicted molar refractivity (Wildman–Crippen MR) is 66.8 cm³/mol. The Morgan fingerprint density at radius 3 is 2.89 bits per heavy atom. The maximum absolute atomic E-state index is 12.0. The van der Waals surface area contributed by atoms with E-state index in [0.29, 0.717) is 25.5 Å². The second-order valence-corrected chi connectivity index (χ2v) is 4.98. The molecule has 7 heteroatoms. The molecule has 0 spiro atoms. The Kier molecular flexibility index (Phi) is 3.79. The molecule has 2 aliphatic heterocycles. The summed E-state index contributed by atoms with van der Waals surface area (Å²) in [6.45, 7) is 3.26. The first-order valence-electron chi connectivity index (χ1n) is 5.80. The zero-order valence-corrected chi connectivity index (χ0v) is 11.9. The monoisotopic (exact) mass is 318 g/mol. The highest BCUT2D eigenvalue weighted by atomic mass is 79.9. The molecule has 0 aromatic rings. The minimum absolute atomic E-state index is 0.278. The van der Waals surface area contributed by atoms with Crippen molar-refractivity contribution >= 4 is 27.9 Å². The number of rotatable bonds is 3. The van der Waals surface area contributed by atoms with Crippen LogP contribution in [0.5, 0.6) is 0 Å². The Morgan fingerprint density at radius 2 is 2.22 bits per heavy atom. The van der Waals surface area contributed by atoms with Gasteiger partial charge >= 0.3 is 12.0 Å². The van der Waals surface area contributed by atoms with Crippen molar-refractivity contribution in [1.82, 2.24) is 9.80 Å². The molecule has 0 N–H and O–H groups in total. The number of carbonyl (C=O) groups excluding carboxylic acids is 2. The van der Waals surface area contributed by atoms with Gasteiger partial charge in [-0.2, -0.15) is 0 Å². The first-order chi connectivity index (χ1) is 8.57. The van der Waals surface area contributed by atoms with Crippen molar-refractivity contribution in [1.29, 1.82) is 0 Å². The number of amides is 3.